The molecular formula is C25H25FN2O5. The molecule has 0 atom stereocenters. The van der Waals surface area contributed by atoms with E-state index in [-0.39, 0.29) is 12.5 Å². The van der Waals surface area contributed by atoms with Crippen molar-refractivity contribution in [2.75, 3.05) is 32.2 Å². The first-order valence-electron chi connectivity index (χ1n) is 10.4. The van der Waals surface area contributed by atoms with Crippen molar-refractivity contribution in [3.05, 3.63) is 84.2 Å². The zero-order valence-corrected chi connectivity index (χ0v) is 18.2. The Labute approximate surface area is 191 Å². The van der Waals surface area contributed by atoms with E-state index in [0.29, 0.717) is 42.3 Å². The minimum Gasteiger partial charge on any atom is -0.494 e. The Hall–Kier alpha value is -4.07. The van der Waals surface area contributed by atoms with Crippen molar-refractivity contribution in [3.8, 4) is 17.2 Å². The van der Waals surface area contributed by atoms with Crippen molar-refractivity contribution in [1.29, 1.82) is 0 Å². The Bertz CT molecular complexity index is 1060. The summed E-state index contributed by atoms with van der Waals surface area (Å²) < 4.78 is 29.4. The van der Waals surface area contributed by atoms with E-state index in [2.05, 4.69) is 10.6 Å². The number of carbonyl (C=O) groups excluding carboxylic acids is 2. The molecule has 8 heteroatoms. The highest BCUT2D eigenvalue weighted by Crippen LogP contribution is 2.28. The highest BCUT2D eigenvalue weighted by Gasteiger charge is 2.12. The third-order valence-corrected chi connectivity index (χ3v) is 4.53. The molecule has 3 rings (SSSR count). The number of methoxy groups -OCH3 is 1. The van der Waals surface area contributed by atoms with Gasteiger partial charge in [0.05, 0.1) is 13.7 Å². The fraction of sp³-hybridized carbons (Fsp3) is 0.200. The van der Waals surface area contributed by atoms with Gasteiger partial charge in [-0.15, -0.1) is 0 Å². The smallest absolute Gasteiger partial charge is 0.262 e. The summed E-state index contributed by atoms with van der Waals surface area (Å²) in [5, 5.41) is 5.44. The topological polar surface area (TPSA) is 85.9 Å². The second kappa shape index (κ2) is 12.1. The number of ether oxygens (including phenoxy) is 3. The molecule has 0 aromatic heterocycles. The Morgan fingerprint density at radius 2 is 1.67 bits per heavy atom. The van der Waals surface area contributed by atoms with Crippen LogP contribution in [0.25, 0.3) is 0 Å². The lowest BCUT2D eigenvalue weighted by atomic mass is 10.2. The Kier molecular flexibility index (Phi) is 8.64. The number of anilines is 1. The van der Waals surface area contributed by atoms with Crippen molar-refractivity contribution in [2.45, 2.75) is 6.42 Å². The SMILES string of the molecule is COc1cc(C(=O)NCCCOc2ccccc2)ccc1OCC(=O)Nc1ccc(F)cc1. The molecule has 0 heterocycles. The fourth-order valence-electron chi connectivity index (χ4n) is 2.88. The van der Waals surface area contributed by atoms with E-state index in [0.717, 1.165) is 5.75 Å². The van der Waals surface area contributed by atoms with Gasteiger partial charge in [-0.2, -0.15) is 0 Å². The molecular weight excluding hydrogens is 427 g/mol. The highest BCUT2D eigenvalue weighted by atomic mass is 19.1. The molecule has 2 N–H and O–H groups in total. The number of hydrogen-bond donors (Lipinski definition) is 2. The third-order valence-electron chi connectivity index (χ3n) is 4.53. The number of amides is 2. The molecule has 172 valence electrons. The van der Waals surface area contributed by atoms with Gasteiger partial charge in [0.1, 0.15) is 11.6 Å². The lowest BCUT2D eigenvalue weighted by Crippen LogP contribution is -2.25. The van der Waals surface area contributed by atoms with Gasteiger partial charge in [-0.25, -0.2) is 4.39 Å². The fourth-order valence-corrected chi connectivity index (χ4v) is 2.88. The van der Waals surface area contributed by atoms with Crippen LogP contribution < -0.4 is 24.8 Å². The molecule has 0 aliphatic rings. The maximum absolute atomic E-state index is 12.9. The van der Waals surface area contributed by atoms with E-state index in [1.54, 1.807) is 18.2 Å². The van der Waals surface area contributed by atoms with Gasteiger partial charge >= 0.3 is 0 Å². The first kappa shape index (κ1) is 23.6. The van der Waals surface area contributed by atoms with Crippen LogP contribution in [0.15, 0.2) is 72.8 Å². The van der Waals surface area contributed by atoms with Crippen molar-refractivity contribution in [1.82, 2.24) is 5.32 Å². The zero-order chi connectivity index (χ0) is 23.5. The maximum atomic E-state index is 12.9. The molecule has 0 spiro atoms. The second-order valence-corrected chi connectivity index (χ2v) is 6.98. The van der Waals surface area contributed by atoms with E-state index >= 15 is 0 Å². The van der Waals surface area contributed by atoms with Crippen molar-refractivity contribution in [3.63, 3.8) is 0 Å². The van der Waals surface area contributed by atoms with E-state index < -0.39 is 11.7 Å². The van der Waals surface area contributed by atoms with E-state index in [1.807, 2.05) is 30.3 Å². The lowest BCUT2D eigenvalue weighted by Gasteiger charge is -2.13. The van der Waals surface area contributed by atoms with Crippen LogP contribution >= 0.6 is 0 Å². The van der Waals surface area contributed by atoms with Crippen LogP contribution in [0, 0.1) is 5.82 Å². The molecule has 3 aromatic rings. The summed E-state index contributed by atoms with van der Waals surface area (Å²) in [7, 11) is 1.45. The molecule has 33 heavy (non-hydrogen) atoms. The van der Waals surface area contributed by atoms with E-state index in [1.165, 1.54) is 31.4 Å². The normalized spacial score (nSPS) is 10.2. The highest BCUT2D eigenvalue weighted by molar-refractivity contribution is 5.95. The molecule has 0 aliphatic heterocycles. The summed E-state index contributed by atoms with van der Waals surface area (Å²) in [5.74, 6) is 0.371. The van der Waals surface area contributed by atoms with E-state index in [4.69, 9.17) is 14.2 Å². The summed E-state index contributed by atoms with van der Waals surface area (Å²) in [5.41, 5.74) is 0.858. The zero-order valence-electron chi connectivity index (χ0n) is 18.2. The molecule has 0 aliphatic carbocycles. The van der Waals surface area contributed by atoms with Gasteiger partial charge in [0.15, 0.2) is 18.1 Å². The van der Waals surface area contributed by atoms with E-state index in [9.17, 15) is 14.0 Å². The molecule has 2 amide bonds. The monoisotopic (exact) mass is 452 g/mol. The minimum absolute atomic E-state index is 0.256. The summed E-state index contributed by atoms with van der Waals surface area (Å²) >= 11 is 0. The van der Waals surface area contributed by atoms with Gasteiger partial charge < -0.3 is 24.8 Å². The molecule has 0 radical (unpaired) electrons. The Morgan fingerprint density at radius 1 is 0.909 bits per heavy atom. The average Bonchev–Trinajstić information content (AvgIpc) is 2.84. The first-order chi connectivity index (χ1) is 16.0. The number of carbonyl (C=O) groups is 2. The molecule has 7 nitrogen and oxygen atoms in total. The molecule has 0 unspecified atom stereocenters. The van der Waals surface area contributed by atoms with Gasteiger partial charge in [0.2, 0.25) is 0 Å². The standard InChI is InChI=1S/C25H25FN2O5/c1-31-23-16-18(25(30)27-14-5-15-32-21-6-3-2-4-7-21)8-13-22(23)33-17-24(29)28-20-11-9-19(26)10-12-20/h2-4,6-13,16H,5,14-15,17H2,1H3,(H,27,30)(H,28,29). The Balaban J connectivity index is 1.45. The number of benzene rings is 3. The van der Waals surface area contributed by atoms with Gasteiger partial charge in [-0.05, 0) is 61.0 Å². The van der Waals surface area contributed by atoms with Crippen LogP contribution in [-0.2, 0) is 4.79 Å². The first-order valence-corrected chi connectivity index (χ1v) is 10.4. The summed E-state index contributed by atoms with van der Waals surface area (Å²) in [6, 6.07) is 19.6. The number of hydrogen-bond acceptors (Lipinski definition) is 5. The number of rotatable bonds is 11. The van der Waals surface area contributed by atoms with Crippen LogP contribution in [0.1, 0.15) is 16.8 Å². The molecule has 3 aromatic carbocycles. The van der Waals surface area contributed by atoms with Crippen molar-refractivity contribution < 1.29 is 28.2 Å². The number of para-hydroxylation sites is 1. The summed E-state index contributed by atoms with van der Waals surface area (Å²) in [4.78, 5) is 24.5. The maximum Gasteiger partial charge on any atom is 0.262 e. The third kappa shape index (κ3) is 7.53. The number of halogens is 1. The lowest BCUT2D eigenvalue weighted by molar-refractivity contribution is -0.118. The van der Waals surface area contributed by atoms with Gasteiger partial charge in [-0.1, -0.05) is 18.2 Å². The number of nitrogens with one attached hydrogen (secondary N) is 2. The minimum atomic E-state index is -0.414. The summed E-state index contributed by atoms with van der Waals surface area (Å²) in [6.07, 6.45) is 0.655. The van der Waals surface area contributed by atoms with Crippen molar-refractivity contribution >= 4 is 17.5 Å². The van der Waals surface area contributed by atoms with Crippen LogP contribution in [0.3, 0.4) is 0 Å². The molecule has 0 fully saturated rings. The van der Waals surface area contributed by atoms with Crippen LogP contribution in [0.5, 0.6) is 17.2 Å². The van der Waals surface area contributed by atoms with Gasteiger partial charge in [-0.3, -0.25) is 9.59 Å². The van der Waals surface area contributed by atoms with Gasteiger partial charge in [0.25, 0.3) is 11.8 Å². The van der Waals surface area contributed by atoms with Crippen LogP contribution in [0.2, 0.25) is 0 Å². The largest absolute Gasteiger partial charge is 0.494 e. The predicted molar refractivity (Wildman–Crippen MR) is 122 cm³/mol. The predicted octanol–water partition coefficient (Wildman–Crippen LogP) is 4.05. The van der Waals surface area contributed by atoms with Gasteiger partial charge in [0, 0.05) is 17.8 Å². The van der Waals surface area contributed by atoms with Crippen molar-refractivity contribution in [2.24, 2.45) is 0 Å². The van der Waals surface area contributed by atoms with Crippen LogP contribution in [-0.4, -0.2) is 38.7 Å². The Morgan fingerprint density at radius 3 is 2.39 bits per heavy atom. The molecule has 0 bridgehead atoms. The summed E-state index contributed by atoms with van der Waals surface area (Å²) in [6.45, 7) is 0.664. The average molecular weight is 452 g/mol. The van der Waals surface area contributed by atoms with Crippen LogP contribution in [0.4, 0.5) is 10.1 Å². The second-order valence-electron chi connectivity index (χ2n) is 6.98. The molecule has 0 saturated carbocycles. The molecule has 0 saturated heterocycles. The quantitative estimate of drug-likeness (QED) is 0.429.